The molecule has 0 aliphatic heterocycles. The van der Waals surface area contributed by atoms with E-state index in [4.69, 9.17) is 0 Å². The zero-order valence-corrected chi connectivity index (χ0v) is 6.21. The van der Waals surface area contributed by atoms with Crippen LogP contribution >= 0.6 is 12.6 Å². The maximum atomic E-state index is 9.37. The van der Waals surface area contributed by atoms with Crippen LogP contribution in [0, 0.1) is 0 Å². The summed E-state index contributed by atoms with van der Waals surface area (Å²) in [6.45, 7) is 0. The molecule has 0 aliphatic carbocycles. The van der Waals surface area contributed by atoms with Crippen LogP contribution in [0.5, 0.6) is 0 Å². The molecule has 4 nitrogen and oxygen atoms in total. The number of hydrogen-bond acceptors (Lipinski definition) is 4. The smallest absolute Gasteiger partial charge is 0.104 e. The van der Waals surface area contributed by atoms with E-state index in [1.807, 2.05) is 0 Å². The highest BCUT2D eigenvalue weighted by Gasteiger charge is 1.81. The third kappa shape index (κ3) is 16.3. The molecule has 0 rings (SSSR count). The minimum Gasteiger partial charge on any atom is -0.747 e. The Morgan fingerprint density at radius 2 is 1.75 bits per heavy atom. The van der Waals surface area contributed by atoms with E-state index >= 15 is 0 Å². The topological polar surface area (TPSA) is 84.8 Å². The summed E-state index contributed by atoms with van der Waals surface area (Å²) < 4.78 is 28.1. The van der Waals surface area contributed by atoms with Gasteiger partial charge in [0.1, 0.15) is 10.1 Å². The van der Waals surface area contributed by atoms with Crippen LogP contribution in [-0.2, 0) is 10.1 Å². The third-order valence-electron chi connectivity index (χ3n) is 0.158. The van der Waals surface area contributed by atoms with Crippen LogP contribution in [0.25, 0.3) is 0 Å². The van der Waals surface area contributed by atoms with Crippen LogP contribution in [0.4, 0.5) is 0 Å². The second-order valence-electron chi connectivity index (χ2n) is 0.687. The molecule has 0 bridgehead atoms. The molecule has 3 N–H and O–H groups in total. The molecule has 0 aromatic carbocycles. The molecule has 0 amide bonds. The highest BCUT2D eigenvalue weighted by molar-refractivity contribution is 8.00. The maximum Gasteiger partial charge on any atom is 0.104 e. The van der Waals surface area contributed by atoms with Crippen molar-refractivity contribution >= 4 is 22.7 Å². The second kappa shape index (κ2) is 5.36. The van der Waals surface area contributed by atoms with Gasteiger partial charge in [0.25, 0.3) is 0 Å². The van der Waals surface area contributed by atoms with Gasteiger partial charge in [0.2, 0.25) is 0 Å². The Balaban J connectivity index is 0. The van der Waals surface area contributed by atoms with E-state index in [2.05, 4.69) is 18.4 Å². The highest BCUT2D eigenvalue weighted by Crippen LogP contribution is 1.81. The lowest BCUT2D eigenvalue weighted by molar-refractivity contribution is -0.325. The number of thiol groups is 1. The first-order chi connectivity index (χ1) is 3.56. The average Bonchev–Trinajstić information content (AvgIpc) is 1.71. The van der Waals surface area contributed by atoms with Gasteiger partial charge in [-0.1, -0.05) is 0 Å². The SMILES string of the molecule is C[NH3+].O=S(=O)([O-])CS. The standard InChI is InChI=1S/CH5N.CH4O3S2/c1-2;2-6(3,4)1-5/h2H2,1H3;5H,1H2,(H,2,3,4). The van der Waals surface area contributed by atoms with Crippen LogP contribution in [0.15, 0.2) is 0 Å². The van der Waals surface area contributed by atoms with Crippen LogP contribution in [0.2, 0.25) is 0 Å². The van der Waals surface area contributed by atoms with Crippen molar-refractivity contribution in [1.82, 2.24) is 0 Å². The molecule has 52 valence electrons. The van der Waals surface area contributed by atoms with Gasteiger partial charge in [0, 0.05) is 0 Å². The number of quaternary nitrogens is 1. The van der Waals surface area contributed by atoms with E-state index in [-0.39, 0.29) is 0 Å². The molecule has 8 heavy (non-hydrogen) atoms. The molecule has 0 unspecified atom stereocenters. The summed E-state index contributed by atoms with van der Waals surface area (Å²) in [7, 11) is -2.30. The zero-order valence-electron chi connectivity index (χ0n) is 4.49. The highest BCUT2D eigenvalue weighted by atomic mass is 32.3. The Hall–Kier alpha value is 0.220. The van der Waals surface area contributed by atoms with Gasteiger partial charge in [0.15, 0.2) is 0 Å². The molecular weight excluding hydrogens is 150 g/mol. The van der Waals surface area contributed by atoms with E-state index in [0.29, 0.717) is 0 Å². The molecule has 0 radical (unpaired) electrons. The van der Waals surface area contributed by atoms with Gasteiger partial charge in [-0.15, -0.1) is 0 Å². The summed E-state index contributed by atoms with van der Waals surface area (Å²) in [6.07, 6.45) is 0. The molecule has 0 atom stereocenters. The van der Waals surface area contributed by atoms with Crippen molar-refractivity contribution in [2.24, 2.45) is 0 Å². The lowest BCUT2D eigenvalue weighted by Gasteiger charge is -1.97. The fourth-order valence-electron chi connectivity index (χ4n) is 0. The summed E-state index contributed by atoms with van der Waals surface area (Å²) in [5.41, 5.74) is 3.25. The van der Waals surface area contributed by atoms with Gasteiger partial charge in [-0.05, 0) is 0 Å². The van der Waals surface area contributed by atoms with Crippen molar-refractivity contribution in [3.8, 4) is 0 Å². The molecule has 0 heterocycles. The van der Waals surface area contributed by atoms with E-state index in [1.54, 1.807) is 7.05 Å². The molecule has 6 heteroatoms. The summed E-state index contributed by atoms with van der Waals surface area (Å²) in [5.74, 6) is 0. The largest absolute Gasteiger partial charge is 0.747 e. The zero-order chi connectivity index (χ0) is 7.21. The van der Waals surface area contributed by atoms with Crippen LogP contribution < -0.4 is 5.73 Å². The molecule has 0 aromatic heterocycles. The van der Waals surface area contributed by atoms with Crippen molar-refractivity contribution in [2.75, 3.05) is 12.1 Å². The van der Waals surface area contributed by atoms with Gasteiger partial charge in [-0.25, -0.2) is 8.42 Å². The Bertz CT molecular complexity index is 117. The Labute approximate surface area is 54.2 Å². The fraction of sp³-hybridized carbons (Fsp3) is 1.00. The lowest BCUT2D eigenvalue weighted by atomic mass is 11.6. The van der Waals surface area contributed by atoms with E-state index < -0.39 is 15.2 Å². The predicted octanol–water partition coefficient (Wildman–Crippen LogP) is -1.72. The van der Waals surface area contributed by atoms with E-state index in [0.717, 1.165) is 0 Å². The summed E-state index contributed by atoms with van der Waals surface area (Å²) >= 11 is 3.20. The monoisotopic (exact) mass is 159 g/mol. The number of hydrogen-bond donors (Lipinski definition) is 2. The van der Waals surface area contributed by atoms with Crippen molar-refractivity contribution in [3.63, 3.8) is 0 Å². The minimum atomic E-state index is -4.05. The number of rotatable bonds is 1. The first-order valence-electron chi connectivity index (χ1n) is 1.81. The van der Waals surface area contributed by atoms with Crippen LogP contribution in [0.1, 0.15) is 0 Å². The van der Waals surface area contributed by atoms with Gasteiger partial charge in [-0.2, -0.15) is 12.6 Å². The minimum absolute atomic E-state index is 0.618. The Morgan fingerprint density at radius 3 is 1.75 bits per heavy atom. The van der Waals surface area contributed by atoms with Crippen molar-refractivity contribution in [2.45, 2.75) is 0 Å². The Kier molecular flexibility index (Phi) is 7.42. The molecule has 0 aromatic rings. The molecule has 0 spiro atoms. The molecule has 0 aliphatic rings. The summed E-state index contributed by atoms with van der Waals surface area (Å²) in [5, 5.41) is -0.618. The lowest BCUT2D eigenvalue weighted by Crippen LogP contribution is -2.40. The fourth-order valence-corrected chi connectivity index (χ4v) is 0. The van der Waals surface area contributed by atoms with Crippen molar-refractivity contribution in [3.05, 3.63) is 0 Å². The second-order valence-corrected chi connectivity index (χ2v) is 2.83. The summed E-state index contributed by atoms with van der Waals surface area (Å²) in [6, 6.07) is 0. The third-order valence-corrected chi connectivity index (χ3v) is 1.42. The van der Waals surface area contributed by atoms with Gasteiger partial charge < -0.3 is 10.3 Å². The summed E-state index contributed by atoms with van der Waals surface area (Å²) in [4.78, 5) is 0. The molecule has 0 saturated heterocycles. The van der Waals surface area contributed by atoms with Crippen molar-refractivity contribution < 1.29 is 18.7 Å². The Morgan fingerprint density at radius 1 is 1.62 bits per heavy atom. The van der Waals surface area contributed by atoms with Crippen LogP contribution in [-0.4, -0.2) is 25.1 Å². The van der Waals surface area contributed by atoms with Gasteiger partial charge >= 0.3 is 0 Å². The normalized spacial score (nSPS) is 9.50. The molecular formula is C2H9NO3S2. The molecule has 0 saturated carbocycles. The predicted molar refractivity (Wildman–Crippen MR) is 32.4 cm³/mol. The first-order valence-corrected chi connectivity index (χ1v) is 4.02. The quantitative estimate of drug-likeness (QED) is 0.352. The van der Waals surface area contributed by atoms with E-state index in [1.165, 1.54) is 0 Å². The van der Waals surface area contributed by atoms with Gasteiger partial charge in [-0.3, -0.25) is 0 Å². The van der Waals surface area contributed by atoms with Crippen LogP contribution in [0.3, 0.4) is 0 Å². The van der Waals surface area contributed by atoms with Gasteiger partial charge in [0.05, 0.1) is 12.1 Å². The first kappa shape index (κ1) is 11.1. The average molecular weight is 159 g/mol. The molecule has 0 fully saturated rings. The van der Waals surface area contributed by atoms with E-state index in [9.17, 15) is 13.0 Å². The maximum absolute atomic E-state index is 9.37. The van der Waals surface area contributed by atoms with Crippen molar-refractivity contribution in [1.29, 1.82) is 0 Å².